The lowest BCUT2D eigenvalue weighted by Gasteiger charge is -2.15. The molecule has 0 spiro atoms. The van der Waals surface area contributed by atoms with E-state index in [9.17, 15) is 0 Å². The van der Waals surface area contributed by atoms with Gasteiger partial charge in [0.15, 0.2) is 0 Å². The highest BCUT2D eigenvalue weighted by Gasteiger charge is 2.26. The zero-order valence-corrected chi connectivity index (χ0v) is 12.4. The van der Waals surface area contributed by atoms with Crippen LogP contribution in [-0.4, -0.2) is 30.6 Å². The van der Waals surface area contributed by atoms with Gasteiger partial charge in [0.2, 0.25) is 0 Å². The molecule has 2 aliphatic rings. The summed E-state index contributed by atoms with van der Waals surface area (Å²) >= 11 is 5.39. The third-order valence-electron chi connectivity index (χ3n) is 3.65. The van der Waals surface area contributed by atoms with E-state index >= 15 is 0 Å². The topological polar surface area (TPSA) is 15.3 Å². The Kier molecular flexibility index (Phi) is 3.85. The highest BCUT2D eigenvalue weighted by atomic mass is 79.9. The van der Waals surface area contributed by atoms with E-state index in [0.717, 1.165) is 18.5 Å². The normalized spacial score (nSPS) is 25.6. The molecule has 0 bridgehead atoms. The van der Waals surface area contributed by atoms with Gasteiger partial charge in [0.1, 0.15) is 0 Å². The van der Waals surface area contributed by atoms with Crippen molar-refractivity contribution < 1.29 is 0 Å². The van der Waals surface area contributed by atoms with Crippen molar-refractivity contribution in [1.82, 2.24) is 10.2 Å². The van der Waals surface area contributed by atoms with Gasteiger partial charge in [-0.05, 0) is 66.3 Å². The summed E-state index contributed by atoms with van der Waals surface area (Å²) in [7, 11) is 0. The van der Waals surface area contributed by atoms with Gasteiger partial charge in [0.05, 0.1) is 3.79 Å². The van der Waals surface area contributed by atoms with Crippen molar-refractivity contribution in [1.29, 1.82) is 0 Å². The Morgan fingerprint density at radius 3 is 2.94 bits per heavy atom. The SMILES string of the molecule is Brc1ccc(CN2CCC(CNC3CC3)C2)s1. The van der Waals surface area contributed by atoms with E-state index in [1.807, 2.05) is 11.3 Å². The molecule has 1 saturated heterocycles. The highest BCUT2D eigenvalue weighted by molar-refractivity contribution is 9.11. The first-order valence-corrected chi connectivity index (χ1v) is 8.10. The molecule has 1 aliphatic carbocycles. The summed E-state index contributed by atoms with van der Waals surface area (Å²) in [5, 5.41) is 3.66. The second-order valence-electron chi connectivity index (χ2n) is 5.28. The van der Waals surface area contributed by atoms with Crippen molar-refractivity contribution in [2.24, 2.45) is 5.92 Å². The van der Waals surface area contributed by atoms with Gasteiger partial charge >= 0.3 is 0 Å². The molecule has 1 saturated carbocycles. The molecular weight excluding hydrogens is 296 g/mol. The molecule has 1 aliphatic heterocycles. The summed E-state index contributed by atoms with van der Waals surface area (Å²) in [6.45, 7) is 4.91. The first-order chi connectivity index (χ1) is 8.29. The number of thiophene rings is 1. The van der Waals surface area contributed by atoms with Crippen LogP contribution in [0.5, 0.6) is 0 Å². The lowest BCUT2D eigenvalue weighted by Crippen LogP contribution is -2.27. The van der Waals surface area contributed by atoms with Crippen LogP contribution >= 0.6 is 27.3 Å². The molecule has 17 heavy (non-hydrogen) atoms. The number of nitrogens with one attached hydrogen (secondary N) is 1. The Balaban J connectivity index is 1.43. The zero-order chi connectivity index (χ0) is 11.7. The second kappa shape index (κ2) is 5.39. The number of hydrogen-bond donors (Lipinski definition) is 1. The van der Waals surface area contributed by atoms with Crippen LogP contribution in [0.25, 0.3) is 0 Å². The van der Waals surface area contributed by atoms with Crippen molar-refractivity contribution >= 4 is 27.3 Å². The predicted octanol–water partition coefficient (Wildman–Crippen LogP) is 3.08. The summed E-state index contributed by atoms with van der Waals surface area (Å²) in [4.78, 5) is 4.07. The molecule has 2 heterocycles. The molecule has 1 aromatic heterocycles. The monoisotopic (exact) mass is 314 g/mol. The van der Waals surface area contributed by atoms with Crippen LogP contribution in [-0.2, 0) is 6.54 Å². The Morgan fingerprint density at radius 1 is 1.35 bits per heavy atom. The third-order valence-corrected chi connectivity index (χ3v) is 5.26. The smallest absolute Gasteiger partial charge is 0.0701 e. The largest absolute Gasteiger partial charge is 0.314 e. The number of hydrogen-bond acceptors (Lipinski definition) is 3. The molecule has 0 radical (unpaired) electrons. The summed E-state index contributed by atoms with van der Waals surface area (Å²) in [5.74, 6) is 0.874. The fourth-order valence-electron chi connectivity index (χ4n) is 2.50. The van der Waals surface area contributed by atoms with Crippen molar-refractivity contribution in [3.63, 3.8) is 0 Å². The van der Waals surface area contributed by atoms with Crippen LogP contribution in [0.15, 0.2) is 15.9 Å². The van der Waals surface area contributed by atoms with E-state index in [0.29, 0.717) is 0 Å². The van der Waals surface area contributed by atoms with E-state index in [2.05, 4.69) is 38.3 Å². The minimum absolute atomic E-state index is 0.859. The number of nitrogens with zero attached hydrogens (tertiary/aromatic N) is 1. The molecule has 3 rings (SSSR count). The van der Waals surface area contributed by atoms with E-state index in [4.69, 9.17) is 0 Å². The maximum absolute atomic E-state index is 3.66. The maximum atomic E-state index is 3.66. The van der Waals surface area contributed by atoms with Crippen LogP contribution in [0.2, 0.25) is 0 Å². The Morgan fingerprint density at radius 2 is 2.24 bits per heavy atom. The van der Waals surface area contributed by atoms with Gasteiger partial charge in [-0.25, -0.2) is 0 Å². The second-order valence-corrected chi connectivity index (χ2v) is 7.83. The van der Waals surface area contributed by atoms with E-state index in [1.165, 1.54) is 47.6 Å². The zero-order valence-electron chi connectivity index (χ0n) is 9.99. The van der Waals surface area contributed by atoms with Crippen LogP contribution < -0.4 is 5.32 Å². The summed E-state index contributed by atoms with van der Waals surface area (Å²) < 4.78 is 1.25. The fourth-order valence-corrected chi connectivity index (χ4v) is 4.03. The average molecular weight is 315 g/mol. The number of rotatable bonds is 5. The van der Waals surface area contributed by atoms with Crippen LogP contribution in [0.1, 0.15) is 24.1 Å². The third kappa shape index (κ3) is 3.53. The Hall–Kier alpha value is 0.1000. The maximum Gasteiger partial charge on any atom is 0.0701 e. The standard InChI is InChI=1S/C13H19BrN2S/c14-13-4-3-12(17-13)9-16-6-5-10(8-16)7-15-11-1-2-11/h3-4,10-11,15H,1-2,5-9H2. The van der Waals surface area contributed by atoms with E-state index in [1.54, 1.807) is 0 Å². The minimum Gasteiger partial charge on any atom is -0.314 e. The average Bonchev–Trinajstić information content (AvgIpc) is 2.90. The van der Waals surface area contributed by atoms with Gasteiger partial charge in [-0.1, -0.05) is 0 Å². The van der Waals surface area contributed by atoms with E-state index < -0.39 is 0 Å². The Bertz CT molecular complexity index is 375. The fraction of sp³-hybridized carbons (Fsp3) is 0.692. The first-order valence-electron chi connectivity index (χ1n) is 6.49. The molecule has 2 fully saturated rings. The molecule has 1 atom stereocenters. The molecule has 0 amide bonds. The molecule has 4 heteroatoms. The van der Waals surface area contributed by atoms with Crippen molar-refractivity contribution in [2.45, 2.75) is 31.8 Å². The van der Waals surface area contributed by atoms with Gasteiger partial charge in [0.25, 0.3) is 0 Å². The minimum atomic E-state index is 0.859. The first kappa shape index (κ1) is 12.2. The van der Waals surface area contributed by atoms with Crippen molar-refractivity contribution in [2.75, 3.05) is 19.6 Å². The van der Waals surface area contributed by atoms with Gasteiger partial charge in [0, 0.05) is 24.0 Å². The van der Waals surface area contributed by atoms with Crippen LogP contribution in [0.3, 0.4) is 0 Å². The molecule has 1 aromatic rings. The summed E-state index contributed by atoms with van der Waals surface area (Å²) in [6, 6.07) is 5.25. The molecule has 2 nitrogen and oxygen atoms in total. The summed E-state index contributed by atoms with van der Waals surface area (Å²) in [5.41, 5.74) is 0. The highest BCUT2D eigenvalue weighted by Crippen LogP contribution is 2.26. The van der Waals surface area contributed by atoms with Crippen LogP contribution in [0, 0.1) is 5.92 Å². The van der Waals surface area contributed by atoms with Gasteiger partial charge in [-0.2, -0.15) is 0 Å². The quantitative estimate of drug-likeness (QED) is 0.898. The van der Waals surface area contributed by atoms with Gasteiger partial charge < -0.3 is 5.32 Å². The molecule has 94 valence electrons. The van der Waals surface area contributed by atoms with Crippen molar-refractivity contribution in [3.8, 4) is 0 Å². The predicted molar refractivity (Wildman–Crippen MR) is 76.4 cm³/mol. The molecule has 0 aromatic carbocycles. The van der Waals surface area contributed by atoms with E-state index in [-0.39, 0.29) is 0 Å². The number of halogens is 1. The number of likely N-dealkylation sites (tertiary alicyclic amines) is 1. The van der Waals surface area contributed by atoms with Crippen molar-refractivity contribution in [3.05, 3.63) is 20.8 Å². The Labute approximate surface area is 116 Å². The molecular formula is C13H19BrN2S. The van der Waals surface area contributed by atoms with Gasteiger partial charge in [-0.15, -0.1) is 11.3 Å². The van der Waals surface area contributed by atoms with Gasteiger partial charge in [-0.3, -0.25) is 4.90 Å². The lowest BCUT2D eigenvalue weighted by atomic mass is 10.1. The molecule has 1 N–H and O–H groups in total. The molecule has 1 unspecified atom stereocenters. The summed E-state index contributed by atoms with van der Waals surface area (Å²) in [6.07, 6.45) is 4.17. The lowest BCUT2D eigenvalue weighted by molar-refractivity contribution is 0.317. The van der Waals surface area contributed by atoms with Crippen LogP contribution in [0.4, 0.5) is 0 Å².